The minimum absolute atomic E-state index is 0.0695. The van der Waals surface area contributed by atoms with Crippen LogP contribution in [0.4, 0.5) is 5.69 Å². The van der Waals surface area contributed by atoms with Crippen LogP contribution in [-0.2, 0) is 23.6 Å². The lowest BCUT2D eigenvalue weighted by Gasteiger charge is -2.54. The zero-order valence-corrected chi connectivity index (χ0v) is 26.6. The van der Waals surface area contributed by atoms with Crippen LogP contribution >= 0.6 is 11.6 Å². The fourth-order valence-electron chi connectivity index (χ4n) is 7.42. The summed E-state index contributed by atoms with van der Waals surface area (Å²) in [4.78, 5) is 26.5. The summed E-state index contributed by atoms with van der Waals surface area (Å²) in [5, 5.41) is 10.4. The van der Waals surface area contributed by atoms with Crippen molar-refractivity contribution in [1.82, 2.24) is 19.4 Å². The fourth-order valence-corrected chi connectivity index (χ4v) is 7.53. The maximum atomic E-state index is 12.0. The van der Waals surface area contributed by atoms with Crippen molar-refractivity contribution in [2.24, 2.45) is 0 Å². The van der Waals surface area contributed by atoms with Crippen LogP contribution in [0.25, 0.3) is 11.0 Å². The molecule has 2 aromatic carbocycles. The average Bonchev–Trinajstić information content (AvgIpc) is 3.76. The predicted octanol–water partition coefficient (Wildman–Crippen LogP) is 5.47. The molecule has 1 aliphatic carbocycles. The van der Waals surface area contributed by atoms with Crippen molar-refractivity contribution in [1.29, 1.82) is 0 Å². The topological polar surface area (TPSA) is 111 Å². The third kappa shape index (κ3) is 4.92. The minimum atomic E-state index is -1.05. The second-order valence-corrected chi connectivity index (χ2v) is 13.1. The molecular formula is C34H36ClN5O6. The first-order chi connectivity index (χ1) is 22.3. The van der Waals surface area contributed by atoms with Crippen LogP contribution in [0.15, 0.2) is 48.7 Å². The summed E-state index contributed by atoms with van der Waals surface area (Å²) in [5.41, 5.74) is 3.31. The first-order valence-electron chi connectivity index (χ1n) is 15.9. The van der Waals surface area contributed by atoms with E-state index >= 15 is 0 Å². The monoisotopic (exact) mass is 645 g/mol. The number of hydrogen-bond donors (Lipinski definition) is 1. The van der Waals surface area contributed by atoms with Crippen LogP contribution in [0.5, 0.6) is 17.2 Å². The second kappa shape index (κ2) is 11.3. The first-order valence-corrected chi connectivity index (χ1v) is 16.2. The molecule has 1 N–H and O–H groups in total. The number of hydrogen-bond acceptors (Lipinski definition) is 9. The predicted molar refractivity (Wildman–Crippen MR) is 171 cm³/mol. The van der Waals surface area contributed by atoms with E-state index in [0.717, 1.165) is 68.2 Å². The summed E-state index contributed by atoms with van der Waals surface area (Å²) in [5.74, 6) is 0.760. The molecule has 0 bridgehead atoms. The lowest BCUT2D eigenvalue weighted by Crippen LogP contribution is -2.64. The summed E-state index contributed by atoms with van der Waals surface area (Å²) in [6.07, 6.45) is 5.82. The number of carbonyl (C=O) groups is 1. The lowest BCUT2D eigenvalue weighted by molar-refractivity contribution is -0.0717. The molecule has 1 saturated carbocycles. The molecule has 3 aliphatic heterocycles. The van der Waals surface area contributed by atoms with Crippen LogP contribution in [0.1, 0.15) is 54.5 Å². The summed E-state index contributed by atoms with van der Waals surface area (Å²) >= 11 is 6.08. The van der Waals surface area contributed by atoms with Gasteiger partial charge in [-0.05, 0) is 62.1 Å². The molecule has 2 aromatic heterocycles. The Hall–Kier alpha value is -4.06. The maximum Gasteiger partial charge on any atom is 0.335 e. The number of piperazine rings is 1. The van der Waals surface area contributed by atoms with E-state index < -0.39 is 11.8 Å². The van der Waals surface area contributed by atoms with Gasteiger partial charge in [-0.3, -0.25) is 9.88 Å². The molecule has 5 heterocycles. The van der Waals surface area contributed by atoms with Gasteiger partial charge >= 0.3 is 5.97 Å². The number of imidazole rings is 1. The van der Waals surface area contributed by atoms with Crippen molar-refractivity contribution < 1.29 is 28.8 Å². The number of benzene rings is 2. The van der Waals surface area contributed by atoms with Crippen molar-refractivity contribution in [2.45, 2.75) is 69.7 Å². The van der Waals surface area contributed by atoms with Crippen LogP contribution in [0.3, 0.4) is 0 Å². The number of ether oxygens (including phenoxy) is 4. The first kappa shape index (κ1) is 29.3. The number of fused-ring (bicyclic) bond motifs is 3. The Morgan fingerprint density at radius 1 is 1.13 bits per heavy atom. The molecule has 2 saturated heterocycles. The van der Waals surface area contributed by atoms with Gasteiger partial charge in [0.25, 0.3) is 5.79 Å². The molecule has 0 spiro atoms. The number of rotatable bonds is 8. The van der Waals surface area contributed by atoms with E-state index in [1.54, 1.807) is 31.5 Å². The Bertz CT molecular complexity index is 1810. The summed E-state index contributed by atoms with van der Waals surface area (Å²) in [6.45, 7) is 5.55. The molecule has 0 unspecified atom stereocenters. The number of anilines is 1. The molecule has 0 radical (unpaired) electrons. The highest BCUT2D eigenvalue weighted by Gasteiger charge is 2.47. The Balaban J connectivity index is 1.07. The molecule has 240 valence electrons. The number of nitrogens with zero attached hydrogens (tertiary/aromatic N) is 5. The molecular weight excluding hydrogens is 610 g/mol. The average molecular weight is 646 g/mol. The quantitative estimate of drug-likeness (QED) is 0.265. The van der Waals surface area contributed by atoms with Gasteiger partial charge in [-0.1, -0.05) is 17.7 Å². The van der Waals surface area contributed by atoms with Crippen LogP contribution < -0.4 is 19.1 Å². The second-order valence-electron chi connectivity index (χ2n) is 12.6. The Morgan fingerprint density at radius 2 is 2.00 bits per heavy atom. The molecule has 12 heteroatoms. The fraction of sp³-hybridized carbons (Fsp3) is 0.441. The van der Waals surface area contributed by atoms with Crippen LogP contribution in [0.2, 0.25) is 5.02 Å². The van der Waals surface area contributed by atoms with Gasteiger partial charge in [0, 0.05) is 44.9 Å². The van der Waals surface area contributed by atoms with Gasteiger partial charge in [-0.15, -0.1) is 0 Å². The summed E-state index contributed by atoms with van der Waals surface area (Å²) < 4.78 is 26.6. The normalized spacial score (nSPS) is 25.5. The van der Waals surface area contributed by atoms with Gasteiger partial charge in [0.15, 0.2) is 11.5 Å². The van der Waals surface area contributed by atoms with Crippen molar-refractivity contribution in [2.75, 3.05) is 31.7 Å². The van der Waals surface area contributed by atoms with E-state index in [0.29, 0.717) is 52.9 Å². The number of aromatic nitrogens is 3. The zero-order chi connectivity index (χ0) is 31.6. The smallest absolute Gasteiger partial charge is 0.335 e. The van der Waals surface area contributed by atoms with E-state index in [-0.39, 0.29) is 11.7 Å². The van der Waals surface area contributed by atoms with Crippen LogP contribution in [-0.4, -0.2) is 75.5 Å². The molecule has 0 amide bonds. The van der Waals surface area contributed by atoms with Crippen molar-refractivity contribution in [3.63, 3.8) is 0 Å². The molecule has 46 heavy (non-hydrogen) atoms. The van der Waals surface area contributed by atoms with E-state index in [1.165, 1.54) is 0 Å². The van der Waals surface area contributed by atoms with Crippen molar-refractivity contribution >= 4 is 34.3 Å². The SMILES string of the molecule is COc1cc(C(=O)O)cc2c1nc(CN1CCN(c3cccc4c3O[C@](C)(c3ccc(Cl)cn3)O4)[C@H]3CC[C@H]31)n2C[C@@H]1CCCO1. The highest BCUT2D eigenvalue weighted by atomic mass is 35.5. The maximum absolute atomic E-state index is 12.0. The summed E-state index contributed by atoms with van der Waals surface area (Å²) in [7, 11) is 1.56. The highest BCUT2D eigenvalue weighted by molar-refractivity contribution is 6.30. The van der Waals surface area contributed by atoms with Gasteiger partial charge in [0.2, 0.25) is 0 Å². The molecule has 4 atom stereocenters. The van der Waals surface area contributed by atoms with E-state index in [9.17, 15) is 9.90 Å². The third-order valence-electron chi connectivity index (χ3n) is 9.88. The molecule has 3 fully saturated rings. The number of aromatic carboxylic acids is 1. The van der Waals surface area contributed by atoms with Gasteiger partial charge in [-0.25, -0.2) is 9.78 Å². The van der Waals surface area contributed by atoms with Gasteiger partial charge < -0.3 is 33.5 Å². The van der Waals surface area contributed by atoms with Crippen LogP contribution in [0, 0.1) is 0 Å². The number of carboxylic acid groups (broad SMARTS) is 1. The van der Waals surface area contributed by atoms with E-state index in [4.69, 9.17) is 35.5 Å². The Kier molecular flexibility index (Phi) is 7.23. The number of pyridine rings is 1. The van der Waals surface area contributed by atoms with E-state index in [2.05, 4.69) is 25.4 Å². The van der Waals surface area contributed by atoms with Gasteiger partial charge in [-0.2, -0.15) is 0 Å². The Morgan fingerprint density at radius 3 is 2.72 bits per heavy atom. The Labute approximate surface area is 271 Å². The standard InChI is InChI=1S/C34H36ClN5O6/c1-34(29-11-8-21(35)17-36-29)45-27-7-3-6-25(32(27)46-34)39-13-12-38(23-9-10-24(23)39)19-30-37-31-26(40(30)18-22-5-4-14-44-22)15-20(33(41)42)16-28(31)43-2/h3,6-8,11,15-17,22-24H,4-5,9-10,12-14,18-19H2,1-2H3,(H,41,42)/t22-,23+,24-,34+/m0/s1. The summed E-state index contributed by atoms with van der Waals surface area (Å²) in [6, 6.07) is 13.6. The van der Waals surface area contributed by atoms with Crippen molar-refractivity contribution in [3.8, 4) is 17.2 Å². The zero-order valence-electron chi connectivity index (χ0n) is 25.8. The molecule has 8 rings (SSSR count). The largest absolute Gasteiger partial charge is 0.494 e. The highest BCUT2D eigenvalue weighted by Crippen LogP contribution is 2.51. The number of carboxylic acids is 1. The van der Waals surface area contributed by atoms with Crippen molar-refractivity contribution in [3.05, 3.63) is 70.8 Å². The van der Waals surface area contributed by atoms with E-state index in [1.807, 2.05) is 25.1 Å². The molecule has 4 aliphatic rings. The van der Waals surface area contributed by atoms with Gasteiger partial charge in [0.1, 0.15) is 22.8 Å². The third-order valence-corrected chi connectivity index (χ3v) is 10.1. The number of para-hydroxylation sites is 1. The number of methoxy groups -OCH3 is 1. The van der Waals surface area contributed by atoms with Gasteiger partial charge in [0.05, 0.1) is 48.1 Å². The molecule has 4 aromatic rings. The molecule has 11 nitrogen and oxygen atoms in total. The lowest BCUT2D eigenvalue weighted by atomic mass is 9.81. The number of halogens is 1. The minimum Gasteiger partial charge on any atom is -0.494 e.